The smallest absolute Gasteiger partial charge is 0.120 e. The quantitative estimate of drug-likeness (QED) is 0.596. The standard InChI is InChI=1S/C12H14O/c1-2-6-10(7-3-1)12-9-5-4-8-11(12)13-12/h1-3,6-7,11H,4-5,8-9H2/t11?,12-/m0/s1. The van der Waals surface area contributed by atoms with Crippen molar-refractivity contribution in [3.05, 3.63) is 35.9 Å². The Morgan fingerprint density at radius 3 is 2.77 bits per heavy atom. The van der Waals surface area contributed by atoms with Crippen molar-refractivity contribution in [3.63, 3.8) is 0 Å². The maximum atomic E-state index is 5.85. The zero-order valence-corrected chi connectivity index (χ0v) is 7.70. The van der Waals surface area contributed by atoms with Crippen LogP contribution in [0.5, 0.6) is 0 Å². The topological polar surface area (TPSA) is 12.5 Å². The van der Waals surface area contributed by atoms with E-state index in [1.165, 1.54) is 31.2 Å². The normalized spacial score (nSPS) is 36.8. The first-order valence-electron chi connectivity index (χ1n) is 5.15. The van der Waals surface area contributed by atoms with E-state index in [0.29, 0.717) is 6.10 Å². The highest BCUT2D eigenvalue weighted by Gasteiger charge is 2.57. The van der Waals surface area contributed by atoms with Crippen molar-refractivity contribution in [3.8, 4) is 0 Å². The van der Waals surface area contributed by atoms with Crippen LogP contribution < -0.4 is 0 Å². The second-order valence-electron chi connectivity index (χ2n) is 4.11. The summed E-state index contributed by atoms with van der Waals surface area (Å²) in [6.45, 7) is 0. The molecule has 1 saturated carbocycles. The second-order valence-corrected chi connectivity index (χ2v) is 4.11. The summed E-state index contributed by atoms with van der Waals surface area (Å²) in [6.07, 6.45) is 5.69. The highest BCUT2D eigenvalue weighted by molar-refractivity contribution is 5.29. The van der Waals surface area contributed by atoms with Crippen LogP contribution >= 0.6 is 0 Å². The molecule has 0 N–H and O–H groups in total. The molecule has 1 aromatic carbocycles. The lowest BCUT2D eigenvalue weighted by molar-refractivity contribution is 0.289. The van der Waals surface area contributed by atoms with Gasteiger partial charge >= 0.3 is 0 Å². The van der Waals surface area contributed by atoms with Crippen LogP contribution in [0.3, 0.4) is 0 Å². The van der Waals surface area contributed by atoms with Crippen molar-refractivity contribution in [2.75, 3.05) is 0 Å². The van der Waals surface area contributed by atoms with Gasteiger partial charge in [-0.15, -0.1) is 0 Å². The molecule has 3 rings (SSSR count). The van der Waals surface area contributed by atoms with E-state index in [1.54, 1.807) is 0 Å². The number of fused-ring (bicyclic) bond motifs is 1. The van der Waals surface area contributed by atoms with Gasteiger partial charge in [0.1, 0.15) is 5.60 Å². The molecular weight excluding hydrogens is 160 g/mol. The lowest BCUT2D eigenvalue weighted by Crippen LogP contribution is -2.16. The maximum absolute atomic E-state index is 5.85. The van der Waals surface area contributed by atoms with E-state index in [4.69, 9.17) is 4.74 Å². The molecule has 1 nitrogen and oxygen atoms in total. The zero-order valence-electron chi connectivity index (χ0n) is 7.70. The molecule has 13 heavy (non-hydrogen) atoms. The molecule has 0 aromatic heterocycles. The first kappa shape index (κ1) is 7.57. The van der Waals surface area contributed by atoms with Crippen LogP contribution in [0.15, 0.2) is 30.3 Å². The largest absolute Gasteiger partial charge is 0.361 e. The summed E-state index contributed by atoms with van der Waals surface area (Å²) in [6, 6.07) is 10.7. The van der Waals surface area contributed by atoms with Crippen LogP contribution in [0.25, 0.3) is 0 Å². The van der Waals surface area contributed by atoms with Crippen LogP contribution in [0.2, 0.25) is 0 Å². The molecule has 2 aliphatic rings. The van der Waals surface area contributed by atoms with Gasteiger partial charge in [0.2, 0.25) is 0 Å². The molecule has 1 aromatic rings. The van der Waals surface area contributed by atoms with Gasteiger partial charge in [-0.2, -0.15) is 0 Å². The number of rotatable bonds is 1. The van der Waals surface area contributed by atoms with Crippen LogP contribution in [0.1, 0.15) is 31.2 Å². The Kier molecular flexibility index (Phi) is 1.50. The molecule has 0 amide bonds. The minimum absolute atomic E-state index is 0.138. The molecule has 2 atom stereocenters. The number of hydrogen-bond donors (Lipinski definition) is 0. The van der Waals surface area contributed by atoms with Gasteiger partial charge in [-0.05, 0) is 18.4 Å². The van der Waals surface area contributed by atoms with Gasteiger partial charge in [0.15, 0.2) is 0 Å². The first-order valence-corrected chi connectivity index (χ1v) is 5.15. The molecule has 1 saturated heterocycles. The van der Waals surface area contributed by atoms with Gasteiger partial charge in [-0.3, -0.25) is 0 Å². The summed E-state index contributed by atoms with van der Waals surface area (Å²) in [4.78, 5) is 0. The van der Waals surface area contributed by atoms with E-state index in [9.17, 15) is 0 Å². The van der Waals surface area contributed by atoms with Crippen molar-refractivity contribution >= 4 is 0 Å². The number of hydrogen-bond acceptors (Lipinski definition) is 1. The Morgan fingerprint density at radius 1 is 1.15 bits per heavy atom. The molecular formula is C12H14O. The third-order valence-electron chi connectivity index (χ3n) is 3.34. The SMILES string of the molecule is c1ccc([C@@]23CCCCC2O3)cc1. The van der Waals surface area contributed by atoms with Crippen LogP contribution in [0, 0.1) is 0 Å². The fraction of sp³-hybridized carbons (Fsp3) is 0.500. The molecule has 0 radical (unpaired) electrons. The molecule has 1 heterocycles. The Hall–Kier alpha value is -0.820. The van der Waals surface area contributed by atoms with Crippen LogP contribution in [-0.2, 0) is 10.3 Å². The average Bonchev–Trinajstić information content (AvgIpc) is 2.94. The minimum Gasteiger partial charge on any atom is -0.361 e. The van der Waals surface area contributed by atoms with Gasteiger partial charge in [-0.1, -0.05) is 43.2 Å². The van der Waals surface area contributed by atoms with Gasteiger partial charge in [0.25, 0.3) is 0 Å². The first-order chi connectivity index (χ1) is 6.42. The predicted octanol–water partition coefficient (Wildman–Crippen LogP) is 2.85. The Bertz CT molecular complexity index is 306. The zero-order chi connectivity index (χ0) is 8.73. The summed E-state index contributed by atoms with van der Waals surface area (Å²) in [5.41, 5.74) is 1.53. The van der Waals surface area contributed by atoms with E-state index < -0.39 is 0 Å². The summed E-state index contributed by atoms with van der Waals surface area (Å²) in [5.74, 6) is 0. The average molecular weight is 174 g/mol. The minimum atomic E-state index is 0.138. The van der Waals surface area contributed by atoms with Crippen LogP contribution in [0.4, 0.5) is 0 Å². The highest BCUT2D eigenvalue weighted by atomic mass is 16.6. The van der Waals surface area contributed by atoms with Crippen molar-refractivity contribution in [1.82, 2.24) is 0 Å². The summed E-state index contributed by atoms with van der Waals surface area (Å²) in [5, 5.41) is 0. The second kappa shape index (κ2) is 2.58. The lowest BCUT2D eigenvalue weighted by Gasteiger charge is -2.17. The molecule has 1 aliphatic carbocycles. The maximum Gasteiger partial charge on any atom is 0.120 e. The number of ether oxygens (including phenoxy) is 1. The Morgan fingerprint density at radius 2 is 2.00 bits per heavy atom. The molecule has 0 bridgehead atoms. The van der Waals surface area contributed by atoms with Crippen molar-refractivity contribution in [2.45, 2.75) is 37.4 Å². The molecule has 1 unspecified atom stereocenters. The fourth-order valence-electron chi connectivity index (χ4n) is 2.57. The molecule has 0 spiro atoms. The summed E-state index contributed by atoms with van der Waals surface area (Å²) >= 11 is 0. The lowest BCUT2D eigenvalue weighted by atomic mass is 9.84. The third-order valence-corrected chi connectivity index (χ3v) is 3.34. The van der Waals surface area contributed by atoms with Crippen molar-refractivity contribution < 1.29 is 4.74 Å². The van der Waals surface area contributed by atoms with Gasteiger partial charge < -0.3 is 4.74 Å². The fourth-order valence-corrected chi connectivity index (χ4v) is 2.57. The Labute approximate surface area is 78.7 Å². The molecule has 2 fully saturated rings. The van der Waals surface area contributed by atoms with Crippen molar-refractivity contribution in [1.29, 1.82) is 0 Å². The number of benzene rings is 1. The Balaban J connectivity index is 1.94. The van der Waals surface area contributed by atoms with Gasteiger partial charge in [0, 0.05) is 0 Å². The number of epoxide rings is 1. The van der Waals surface area contributed by atoms with E-state index >= 15 is 0 Å². The summed E-state index contributed by atoms with van der Waals surface area (Å²) < 4.78 is 5.85. The van der Waals surface area contributed by atoms with E-state index in [0.717, 1.165) is 0 Å². The molecule has 1 heteroatoms. The molecule has 1 aliphatic heterocycles. The predicted molar refractivity (Wildman–Crippen MR) is 51.5 cm³/mol. The van der Waals surface area contributed by atoms with Crippen LogP contribution in [-0.4, -0.2) is 6.10 Å². The van der Waals surface area contributed by atoms with Gasteiger partial charge in [0.05, 0.1) is 6.10 Å². The van der Waals surface area contributed by atoms with E-state index in [2.05, 4.69) is 30.3 Å². The highest BCUT2D eigenvalue weighted by Crippen LogP contribution is 2.54. The van der Waals surface area contributed by atoms with E-state index in [-0.39, 0.29) is 5.60 Å². The van der Waals surface area contributed by atoms with Gasteiger partial charge in [-0.25, -0.2) is 0 Å². The van der Waals surface area contributed by atoms with E-state index in [1.807, 2.05) is 0 Å². The monoisotopic (exact) mass is 174 g/mol. The third kappa shape index (κ3) is 1.03. The summed E-state index contributed by atoms with van der Waals surface area (Å²) in [7, 11) is 0. The van der Waals surface area contributed by atoms with Crippen molar-refractivity contribution in [2.24, 2.45) is 0 Å². The molecule has 68 valence electrons.